The van der Waals surface area contributed by atoms with Crippen molar-refractivity contribution in [3.05, 3.63) is 46.8 Å². The minimum atomic E-state index is -0.136. The van der Waals surface area contributed by atoms with Gasteiger partial charge in [0.25, 0.3) is 0 Å². The Kier molecular flexibility index (Phi) is 4.88. The Hall–Kier alpha value is -3.33. The molecule has 1 aliphatic carbocycles. The minimum Gasteiger partial charge on any atom is -0.324 e. The molecule has 0 bridgehead atoms. The molecule has 0 spiro atoms. The van der Waals surface area contributed by atoms with Gasteiger partial charge in [-0.1, -0.05) is 43.5 Å². The van der Waals surface area contributed by atoms with E-state index in [1.165, 1.54) is 32.1 Å². The third-order valence-corrected chi connectivity index (χ3v) is 5.81. The molecule has 9 nitrogen and oxygen atoms in total. The highest BCUT2D eigenvalue weighted by atomic mass is 16.1. The molecule has 154 valence electrons. The summed E-state index contributed by atoms with van der Waals surface area (Å²) in [6.45, 7) is 1.02. The Labute approximate surface area is 172 Å². The summed E-state index contributed by atoms with van der Waals surface area (Å²) in [5.74, 6) is 1.78. The van der Waals surface area contributed by atoms with E-state index >= 15 is 0 Å². The van der Waals surface area contributed by atoms with Crippen molar-refractivity contribution >= 4 is 11.3 Å². The van der Waals surface area contributed by atoms with Crippen molar-refractivity contribution in [2.45, 2.75) is 45.2 Å². The lowest BCUT2D eigenvalue weighted by atomic mass is 9.89. The zero-order valence-electron chi connectivity index (χ0n) is 16.6. The predicted octanol–water partition coefficient (Wildman–Crippen LogP) is 2.61. The second-order valence-electron chi connectivity index (χ2n) is 7.86. The van der Waals surface area contributed by atoms with Gasteiger partial charge >= 0.3 is 5.69 Å². The Bertz CT molecular complexity index is 1210. The number of aromatic nitrogens is 7. The lowest BCUT2D eigenvalue weighted by Crippen LogP contribution is -2.23. The molecule has 9 heteroatoms. The highest BCUT2D eigenvalue weighted by Gasteiger charge is 2.18. The van der Waals surface area contributed by atoms with Crippen molar-refractivity contribution in [2.24, 2.45) is 11.7 Å². The summed E-state index contributed by atoms with van der Waals surface area (Å²) in [6.07, 6.45) is 7.80. The minimum absolute atomic E-state index is 0.136. The number of hydrogen-bond acceptors (Lipinski definition) is 6. The van der Waals surface area contributed by atoms with Crippen LogP contribution < -0.4 is 11.4 Å². The maximum atomic E-state index is 12.5. The molecule has 1 aliphatic rings. The van der Waals surface area contributed by atoms with E-state index in [9.17, 15) is 4.79 Å². The van der Waals surface area contributed by atoms with E-state index in [0.29, 0.717) is 42.0 Å². The molecular formula is C21H24N8O. The van der Waals surface area contributed by atoms with Gasteiger partial charge in [0, 0.05) is 17.7 Å². The molecule has 5 rings (SSSR count). The van der Waals surface area contributed by atoms with Gasteiger partial charge in [-0.2, -0.15) is 5.10 Å². The number of aromatic amines is 2. The van der Waals surface area contributed by atoms with Crippen LogP contribution in [0, 0.1) is 5.92 Å². The summed E-state index contributed by atoms with van der Waals surface area (Å²) in [5.41, 5.74) is 9.13. The normalized spacial score (nSPS) is 15.1. The van der Waals surface area contributed by atoms with Crippen molar-refractivity contribution in [1.82, 2.24) is 34.7 Å². The van der Waals surface area contributed by atoms with Gasteiger partial charge in [0.05, 0.1) is 18.4 Å². The molecule has 0 unspecified atom stereocenters. The van der Waals surface area contributed by atoms with E-state index in [0.717, 1.165) is 16.8 Å². The number of imidazole rings is 1. The van der Waals surface area contributed by atoms with E-state index in [1.54, 1.807) is 10.8 Å². The Morgan fingerprint density at radius 3 is 2.57 bits per heavy atom. The fraction of sp³-hybridized carbons (Fsp3) is 0.381. The van der Waals surface area contributed by atoms with E-state index < -0.39 is 0 Å². The number of nitrogens with one attached hydrogen (secondary N) is 2. The van der Waals surface area contributed by atoms with Crippen LogP contribution in [0.15, 0.2) is 35.3 Å². The third kappa shape index (κ3) is 3.52. The molecule has 4 N–H and O–H groups in total. The zero-order chi connectivity index (χ0) is 20.5. The number of rotatable bonds is 5. The molecule has 3 aromatic heterocycles. The first-order valence-corrected chi connectivity index (χ1v) is 10.4. The summed E-state index contributed by atoms with van der Waals surface area (Å²) in [5, 5.41) is 7.00. The fourth-order valence-electron chi connectivity index (χ4n) is 4.16. The first-order valence-electron chi connectivity index (χ1n) is 10.4. The number of benzene rings is 1. The second-order valence-corrected chi connectivity index (χ2v) is 7.86. The summed E-state index contributed by atoms with van der Waals surface area (Å²) in [7, 11) is 0. The molecule has 30 heavy (non-hydrogen) atoms. The van der Waals surface area contributed by atoms with Crippen LogP contribution in [0.2, 0.25) is 0 Å². The smallest absolute Gasteiger partial charge is 0.324 e. The van der Waals surface area contributed by atoms with Gasteiger partial charge in [0.2, 0.25) is 0 Å². The van der Waals surface area contributed by atoms with E-state index in [2.05, 4.69) is 25.1 Å². The van der Waals surface area contributed by atoms with Gasteiger partial charge in [-0.05, 0) is 18.8 Å². The van der Waals surface area contributed by atoms with E-state index in [-0.39, 0.29) is 5.69 Å². The van der Waals surface area contributed by atoms with E-state index in [4.69, 9.17) is 10.7 Å². The van der Waals surface area contributed by atoms with Gasteiger partial charge in [-0.3, -0.25) is 14.6 Å². The van der Waals surface area contributed by atoms with Crippen molar-refractivity contribution < 1.29 is 0 Å². The monoisotopic (exact) mass is 404 g/mol. The number of hydrogen-bond donors (Lipinski definition) is 3. The van der Waals surface area contributed by atoms with Crippen LogP contribution >= 0.6 is 0 Å². The average molecular weight is 404 g/mol. The average Bonchev–Trinajstić information content (AvgIpc) is 3.39. The predicted molar refractivity (Wildman–Crippen MR) is 113 cm³/mol. The molecule has 1 saturated carbocycles. The lowest BCUT2D eigenvalue weighted by Gasteiger charge is -2.21. The summed E-state index contributed by atoms with van der Waals surface area (Å²) >= 11 is 0. The summed E-state index contributed by atoms with van der Waals surface area (Å²) < 4.78 is 1.75. The number of nitrogens with zero attached hydrogens (tertiary/aromatic N) is 5. The molecule has 1 fully saturated rings. The third-order valence-electron chi connectivity index (χ3n) is 5.81. The molecule has 0 amide bonds. The van der Waals surface area contributed by atoms with Gasteiger partial charge < -0.3 is 5.73 Å². The molecule has 0 atom stereocenters. The van der Waals surface area contributed by atoms with Gasteiger partial charge in [0.15, 0.2) is 17.1 Å². The van der Waals surface area contributed by atoms with Crippen LogP contribution in [0.5, 0.6) is 0 Å². The maximum Gasteiger partial charge on any atom is 0.328 e. The first kappa shape index (κ1) is 18.7. The van der Waals surface area contributed by atoms with Crippen LogP contribution in [-0.2, 0) is 13.1 Å². The summed E-state index contributed by atoms with van der Waals surface area (Å²) in [4.78, 5) is 28.9. The van der Waals surface area contributed by atoms with Crippen LogP contribution in [0.25, 0.3) is 33.9 Å². The van der Waals surface area contributed by atoms with Crippen LogP contribution in [0.4, 0.5) is 0 Å². The summed E-state index contributed by atoms with van der Waals surface area (Å²) in [6, 6.07) is 7.80. The largest absolute Gasteiger partial charge is 0.328 e. The first-order chi connectivity index (χ1) is 14.7. The van der Waals surface area contributed by atoms with Crippen LogP contribution in [0.1, 0.15) is 37.9 Å². The van der Waals surface area contributed by atoms with Crippen molar-refractivity contribution in [3.8, 4) is 22.6 Å². The number of nitrogens with two attached hydrogens (primary N) is 1. The molecule has 0 aliphatic heterocycles. The van der Waals surface area contributed by atoms with Crippen molar-refractivity contribution in [2.75, 3.05) is 0 Å². The van der Waals surface area contributed by atoms with Crippen molar-refractivity contribution in [3.63, 3.8) is 0 Å². The van der Waals surface area contributed by atoms with Gasteiger partial charge in [0.1, 0.15) is 5.82 Å². The van der Waals surface area contributed by atoms with Crippen LogP contribution in [-0.4, -0.2) is 34.7 Å². The van der Waals surface area contributed by atoms with Crippen molar-refractivity contribution in [1.29, 1.82) is 0 Å². The van der Waals surface area contributed by atoms with Gasteiger partial charge in [-0.25, -0.2) is 19.7 Å². The molecule has 1 aromatic carbocycles. The lowest BCUT2D eigenvalue weighted by molar-refractivity contribution is 0.319. The zero-order valence-corrected chi connectivity index (χ0v) is 16.6. The molecule has 0 saturated heterocycles. The van der Waals surface area contributed by atoms with E-state index in [1.807, 2.05) is 24.3 Å². The quantitative estimate of drug-likeness (QED) is 0.468. The fourth-order valence-corrected chi connectivity index (χ4v) is 4.16. The topological polar surface area (TPSA) is 131 Å². The highest BCUT2D eigenvalue weighted by molar-refractivity contribution is 5.72. The number of fused-ring (bicyclic) bond motifs is 1. The standard InChI is InChI=1S/C21H24N8O/c22-10-17-25-18(28-27-17)15-8-6-14(7-9-15)16-11-23-19-20(24-16)29(21(30)26-19)12-13-4-2-1-3-5-13/h6-9,11,13H,1-5,10,12,22H2,(H,23,26,30)(H,25,27,28). The Morgan fingerprint density at radius 1 is 1.07 bits per heavy atom. The molecule has 3 heterocycles. The Balaban J connectivity index is 1.45. The highest BCUT2D eigenvalue weighted by Crippen LogP contribution is 2.26. The number of H-pyrrole nitrogens is 2. The molecule has 4 aromatic rings. The Morgan fingerprint density at radius 2 is 1.83 bits per heavy atom. The SMILES string of the molecule is NCc1nc(-c2ccc(-c3cnc4[nH]c(=O)n(CC5CCCCC5)c4n3)cc2)n[nH]1. The molecule has 0 radical (unpaired) electrons. The maximum absolute atomic E-state index is 12.5. The van der Waals surface area contributed by atoms with Gasteiger partial charge in [-0.15, -0.1) is 0 Å². The second kappa shape index (κ2) is 7.83. The molecular weight excluding hydrogens is 380 g/mol. The van der Waals surface area contributed by atoms with Crippen LogP contribution in [0.3, 0.4) is 0 Å².